The van der Waals surface area contributed by atoms with Gasteiger partial charge in [-0.05, 0) is 36.2 Å². The maximum atomic E-state index is 13.0. The van der Waals surface area contributed by atoms with E-state index in [9.17, 15) is 23.1 Å². The molecule has 1 N–H and O–H groups in total. The van der Waals surface area contributed by atoms with Gasteiger partial charge in [-0.25, -0.2) is 8.42 Å². The van der Waals surface area contributed by atoms with Crippen molar-refractivity contribution >= 4 is 27.5 Å². The number of aliphatic hydroxyl groups excluding tert-OH is 1. The van der Waals surface area contributed by atoms with E-state index in [2.05, 4.69) is 0 Å². The number of aliphatic hydroxyl groups is 1. The van der Waals surface area contributed by atoms with Crippen molar-refractivity contribution in [3.8, 4) is 0 Å². The Hall–Kier alpha value is -3.05. The number of carbonyl (C=O) groups excluding carboxylic acids is 2. The zero-order valence-electron chi connectivity index (χ0n) is 19.4. The second-order valence-corrected chi connectivity index (χ2v) is 10.2. The van der Waals surface area contributed by atoms with E-state index in [1.165, 1.54) is 33.5 Å². The van der Waals surface area contributed by atoms with Crippen LogP contribution in [0.2, 0.25) is 0 Å². The first-order valence-corrected chi connectivity index (χ1v) is 12.8. The van der Waals surface area contributed by atoms with Crippen LogP contribution in [0.15, 0.2) is 65.1 Å². The number of nitrogens with zero attached hydrogens (tertiary/aromatic N) is 2. The summed E-state index contributed by atoms with van der Waals surface area (Å²) in [6.07, 6.45) is 0.529. The molecule has 35 heavy (non-hydrogen) atoms. The minimum atomic E-state index is -3.70. The van der Waals surface area contributed by atoms with Gasteiger partial charge >= 0.3 is 0 Å². The summed E-state index contributed by atoms with van der Waals surface area (Å²) >= 11 is 0. The lowest BCUT2D eigenvalue weighted by atomic mass is 9.95. The lowest BCUT2D eigenvalue weighted by Crippen LogP contribution is -2.40. The Bertz CT molecular complexity index is 1200. The van der Waals surface area contributed by atoms with Crippen LogP contribution in [0.4, 0.5) is 0 Å². The summed E-state index contributed by atoms with van der Waals surface area (Å²) in [4.78, 5) is 27.4. The number of morpholine rings is 1. The third kappa shape index (κ3) is 5.01. The predicted octanol–water partition coefficient (Wildman–Crippen LogP) is 2.17. The van der Waals surface area contributed by atoms with Crippen molar-refractivity contribution in [1.82, 2.24) is 9.21 Å². The SMILES string of the molecule is COCCCN1C(=O)C(=O)C(=C(O)c2ccc(S(=O)(=O)N3CCOCC3)cc2)[C@@H]1c1ccccc1. The molecule has 4 rings (SSSR count). The number of hydrogen-bond acceptors (Lipinski definition) is 7. The topological polar surface area (TPSA) is 113 Å². The highest BCUT2D eigenvalue weighted by Crippen LogP contribution is 2.39. The van der Waals surface area contributed by atoms with Gasteiger partial charge in [0.2, 0.25) is 10.0 Å². The van der Waals surface area contributed by atoms with E-state index in [-0.39, 0.29) is 41.4 Å². The number of methoxy groups -OCH3 is 1. The molecule has 2 aliphatic heterocycles. The van der Waals surface area contributed by atoms with E-state index in [1.54, 1.807) is 31.4 Å². The molecule has 1 amide bonds. The van der Waals surface area contributed by atoms with Crippen LogP contribution in [0.1, 0.15) is 23.6 Å². The van der Waals surface area contributed by atoms with E-state index in [1.807, 2.05) is 6.07 Å². The first kappa shape index (κ1) is 25.1. The first-order chi connectivity index (χ1) is 16.9. The predicted molar refractivity (Wildman–Crippen MR) is 128 cm³/mol. The Kier molecular flexibility index (Phi) is 7.66. The molecular weight excluding hydrogens is 472 g/mol. The molecule has 1 atom stereocenters. The van der Waals surface area contributed by atoms with Crippen molar-refractivity contribution in [2.45, 2.75) is 17.4 Å². The quantitative estimate of drug-likeness (QED) is 0.256. The molecule has 186 valence electrons. The Morgan fingerprint density at radius 1 is 1.06 bits per heavy atom. The van der Waals surface area contributed by atoms with Crippen molar-refractivity contribution in [1.29, 1.82) is 0 Å². The van der Waals surface area contributed by atoms with Gasteiger partial charge in [0.15, 0.2) is 0 Å². The lowest BCUT2D eigenvalue weighted by Gasteiger charge is -2.26. The Balaban J connectivity index is 1.70. The molecule has 2 aromatic rings. The van der Waals surface area contributed by atoms with Crippen LogP contribution in [-0.4, -0.2) is 81.0 Å². The molecule has 9 nitrogen and oxygen atoms in total. The standard InChI is InChI=1S/C25H28N2O7S/c1-33-15-5-12-27-22(18-6-3-2-4-7-18)21(24(29)25(27)30)23(28)19-8-10-20(11-9-19)35(31,32)26-13-16-34-17-14-26/h2-4,6-11,22,28H,5,12-17H2,1H3/t22-/m0/s1. The molecule has 2 saturated heterocycles. The highest BCUT2D eigenvalue weighted by atomic mass is 32.2. The van der Waals surface area contributed by atoms with Gasteiger partial charge in [0.05, 0.1) is 29.7 Å². The zero-order valence-corrected chi connectivity index (χ0v) is 20.2. The van der Waals surface area contributed by atoms with Crippen molar-refractivity contribution in [2.24, 2.45) is 0 Å². The highest BCUT2D eigenvalue weighted by molar-refractivity contribution is 7.89. The van der Waals surface area contributed by atoms with Gasteiger partial charge in [0.1, 0.15) is 5.76 Å². The maximum Gasteiger partial charge on any atom is 0.295 e. The number of Topliss-reactive ketones (excluding diaryl/α,β-unsaturated/α-hetero) is 1. The first-order valence-electron chi connectivity index (χ1n) is 11.4. The lowest BCUT2D eigenvalue weighted by molar-refractivity contribution is -0.140. The molecule has 2 aromatic carbocycles. The third-order valence-electron chi connectivity index (χ3n) is 6.14. The summed E-state index contributed by atoms with van der Waals surface area (Å²) in [5.74, 6) is -1.82. The average Bonchev–Trinajstić information content (AvgIpc) is 3.14. The van der Waals surface area contributed by atoms with Gasteiger partial charge in [0.25, 0.3) is 11.7 Å². The van der Waals surface area contributed by atoms with E-state index >= 15 is 0 Å². The Morgan fingerprint density at radius 3 is 2.34 bits per heavy atom. The molecule has 2 fully saturated rings. The fourth-order valence-corrected chi connectivity index (χ4v) is 5.76. The fraction of sp³-hybridized carbons (Fsp3) is 0.360. The van der Waals surface area contributed by atoms with Crippen molar-refractivity contribution in [2.75, 3.05) is 46.6 Å². The van der Waals surface area contributed by atoms with E-state index in [4.69, 9.17) is 9.47 Å². The highest BCUT2D eigenvalue weighted by Gasteiger charge is 2.45. The molecule has 2 heterocycles. The number of hydrogen-bond donors (Lipinski definition) is 1. The van der Waals surface area contributed by atoms with Crippen molar-refractivity contribution in [3.05, 3.63) is 71.3 Å². The van der Waals surface area contributed by atoms with Gasteiger partial charge in [-0.3, -0.25) is 9.59 Å². The molecular formula is C25H28N2O7S. The average molecular weight is 501 g/mol. The van der Waals surface area contributed by atoms with Crippen LogP contribution in [0.25, 0.3) is 5.76 Å². The zero-order chi connectivity index (χ0) is 25.0. The Morgan fingerprint density at radius 2 is 1.71 bits per heavy atom. The van der Waals surface area contributed by atoms with Gasteiger partial charge < -0.3 is 19.5 Å². The summed E-state index contributed by atoms with van der Waals surface area (Å²) in [5.41, 5.74) is 0.918. The number of likely N-dealkylation sites (tertiary alicyclic amines) is 1. The second kappa shape index (κ2) is 10.7. The molecule has 0 spiro atoms. The van der Waals surface area contributed by atoms with Gasteiger partial charge in [0, 0.05) is 38.9 Å². The number of amides is 1. The van der Waals surface area contributed by atoms with Gasteiger partial charge in [-0.15, -0.1) is 0 Å². The number of carbonyl (C=O) groups is 2. The summed E-state index contributed by atoms with van der Waals surface area (Å²) in [5, 5.41) is 11.2. The number of rotatable bonds is 8. The third-order valence-corrected chi connectivity index (χ3v) is 8.05. The van der Waals surface area contributed by atoms with Gasteiger partial charge in [-0.2, -0.15) is 4.31 Å². The molecule has 0 unspecified atom stereocenters. The summed E-state index contributed by atoms with van der Waals surface area (Å²) < 4.78 is 37.5. The summed E-state index contributed by atoms with van der Waals surface area (Å²) in [6.45, 7) is 1.92. The number of benzene rings is 2. The molecule has 0 bridgehead atoms. The normalized spacial score (nSPS) is 20.9. The van der Waals surface area contributed by atoms with Crippen LogP contribution in [0.3, 0.4) is 0 Å². The van der Waals surface area contributed by atoms with Gasteiger partial charge in [-0.1, -0.05) is 30.3 Å². The largest absolute Gasteiger partial charge is 0.507 e. The van der Waals surface area contributed by atoms with Crippen molar-refractivity contribution < 1.29 is 32.6 Å². The van der Waals surface area contributed by atoms with Crippen LogP contribution in [-0.2, 0) is 29.1 Å². The summed E-state index contributed by atoms with van der Waals surface area (Å²) in [7, 11) is -2.14. The van der Waals surface area contributed by atoms with Crippen LogP contribution >= 0.6 is 0 Å². The smallest absolute Gasteiger partial charge is 0.295 e. The molecule has 0 saturated carbocycles. The number of ether oxygens (including phenoxy) is 2. The van der Waals surface area contributed by atoms with E-state index < -0.39 is 27.8 Å². The maximum absolute atomic E-state index is 13.0. The molecule has 0 aliphatic carbocycles. The van der Waals surface area contributed by atoms with E-state index in [0.29, 0.717) is 31.8 Å². The molecule has 0 radical (unpaired) electrons. The van der Waals surface area contributed by atoms with E-state index in [0.717, 1.165) is 0 Å². The van der Waals surface area contributed by atoms with Crippen molar-refractivity contribution in [3.63, 3.8) is 0 Å². The minimum Gasteiger partial charge on any atom is -0.507 e. The van der Waals surface area contributed by atoms with Crippen LogP contribution in [0.5, 0.6) is 0 Å². The molecule has 2 aliphatic rings. The monoisotopic (exact) mass is 500 g/mol. The molecule has 0 aromatic heterocycles. The molecule has 10 heteroatoms. The number of sulfonamides is 1. The second-order valence-electron chi connectivity index (χ2n) is 8.29. The number of ketones is 1. The Labute approximate surface area is 204 Å². The summed E-state index contributed by atoms with van der Waals surface area (Å²) in [6, 6.07) is 13.9. The fourth-order valence-electron chi connectivity index (χ4n) is 4.35. The van der Waals surface area contributed by atoms with Crippen LogP contribution in [0, 0.1) is 0 Å². The minimum absolute atomic E-state index is 0.0256. The van der Waals surface area contributed by atoms with Crippen LogP contribution < -0.4 is 0 Å².